The number of allylic oxidation sites excluding steroid dienone is 1. The number of hydrogen-bond donors (Lipinski definition) is 2. The summed E-state index contributed by atoms with van der Waals surface area (Å²) >= 11 is 0. The number of unbranched alkanes of at least 4 members (excludes halogenated alkanes) is 9. The van der Waals surface area contributed by atoms with Crippen molar-refractivity contribution in [3.8, 4) is 0 Å². The topological polar surface area (TPSA) is 57.4 Å². The van der Waals surface area contributed by atoms with Gasteiger partial charge in [0.2, 0.25) is 0 Å². The van der Waals surface area contributed by atoms with Gasteiger partial charge in [-0.05, 0) is 93.5 Å². The average molecular weight is 603 g/mol. The number of H-pyrrole nitrogens is 2. The molecule has 0 spiro atoms. The third-order valence-electron chi connectivity index (χ3n) is 9.38. The lowest BCUT2D eigenvalue weighted by molar-refractivity contribution is 0.664. The van der Waals surface area contributed by atoms with E-state index < -0.39 is 0 Å². The van der Waals surface area contributed by atoms with E-state index in [1.54, 1.807) is 0 Å². The van der Waals surface area contributed by atoms with E-state index >= 15 is 0 Å². The summed E-state index contributed by atoms with van der Waals surface area (Å²) in [7, 11) is 0. The first-order valence-corrected chi connectivity index (χ1v) is 17.9. The quantitative estimate of drug-likeness (QED) is 0.0821. The van der Waals surface area contributed by atoms with Crippen molar-refractivity contribution in [2.75, 3.05) is 0 Å². The largest absolute Gasteiger partial charge is 0.355 e. The Bertz CT molecular complexity index is 1550. The Balaban J connectivity index is 1.77. The number of nitrogens with zero attached hydrogens (tertiary/aromatic N) is 2. The summed E-state index contributed by atoms with van der Waals surface area (Å²) in [5.74, 6) is 0. The van der Waals surface area contributed by atoms with Gasteiger partial charge in [-0.25, -0.2) is 9.97 Å². The molecule has 0 amide bonds. The van der Waals surface area contributed by atoms with Gasteiger partial charge in [0.1, 0.15) is 0 Å². The van der Waals surface area contributed by atoms with Gasteiger partial charge in [-0.15, -0.1) is 6.58 Å². The van der Waals surface area contributed by atoms with Crippen LogP contribution in [0.1, 0.15) is 143 Å². The van der Waals surface area contributed by atoms with Crippen molar-refractivity contribution < 1.29 is 0 Å². The Morgan fingerprint density at radius 1 is 0.489 bits per heavy atom. The molecule has 45 heavy (non-hydrogen) atoms. The van der Waals surface area contributed by atoms with Gasteiger partial charge in [0.05, 0.1) is 22.8 Å². The zero-order valence-electron chi connectivity index (χ0n) is 28.1. The van der Waals surface area contributed by atoms with Gasteiger partial charge < -0.3 is 9.97 Å². The second kappa shape index (κ2) is 16.6. The molecule has 8 bridgehead atoms. The van der Waals surface area contributed by atoms with Crippen LogP contribution in [-0.4, -0.2) is 19.9 Å². The molecule has 0 atom stereocenters. The normalized spacial score (nSPS) is 12.3. The van der Waals surface area contributed by atoms with Gasteiger partial charge >= 0.3 is 0 Å². The molecule has 0 radical (unpaired) electrons. The van der Waals surface area contributed by atoms with E-state index in [4.69, 9.17) is 9.97 Å². The van der Waals surface area contributed by atoms with Crippen molar-refractivity contribution in [3.63, 3.8) is 0 Å². The molecule has 0 aromatic carbocycles. The first kappa shape index (κ1) is 32.7. The average Bonchev–Trinajstić information content (AvgIpc) is 3.88. The number of aryl methyl sites for hydroxylation is 2. The summed E-state index contributed by atoms with van der Waals surface area (Å²) < 4.78 is 0. The molecule has 5 heterocycles. The SMILES string of the molecule is C=CCc1c2ccc([nH]2)c(CCCCCC)c2nc(c(CCCCCC)c3nc(c(CCCCCC)c4ccc1[nH]4)C=C3)C=C2. The molecule has 5 rings (SSSR count). The van der Waals surface area contributed by atoms with Gasteiger partial charge in [0.25, 0.3) is 0 Å². The minimum atomic E-state index is 0.783. The van der Waals surface area contributed by atoms with E-state index in [9.17, 15) is 0 Å². The van der Waals surface area contributed by atoms with Crippen molar-refractivity contribution in [2.45, 2.75) is 124 Å². The molecule has 2 N–H and O–H groups in total. The molecule has 238 valence electrons. The lowest BCUT2D eigenvalue weighted by Crippen LogP contribution is -1.97. The third-order valence-corrected chi connectivity index (χ3v) is 9.38. The minimum Gasteiger partial charge on any atom is -0.355 e. The zero-order valence-corrected chi connectivity index (χ0v) is 28.1. The van der Waals surface area contributed by atoms with E-state index in [0.29, 0.717) is 0 Å². The van der Waals surface area contributed by atoms with Crippen LogP contribution >= 0.6 is 0 Å². The highest BCUT2D eigenvalue weighted by Crippen LogP contribution is 2.29. The van der Waals surface area contributed by atoms with E-state index in [1.165, 1.54) is 104 Å². The lowest BCUT2D eigenvalue weighted by Gasteiger charge is -2.06. The van der Waals surface area contributed by atoms with Crippen LogP contribution in [0.5, 0.6) is 0 Å². The van der Waals surface area contributed by atoms with E-state index in [0.717, 1.165) is 65.9 Å². The number of aromatic amines is 2. The maximum atomic E-state index is 5.35. The number of aromatic nitrogens is 4. The van der Waals surface area contributed by atoms with Crippen LogP contribution in [0.25, 0.3) is 46.4 Å². The summed E-state index contributed by atoms with van der Waals surface area (Å²) in [6.45, 7) is 10.9. The highest BCUT2D eigenvalue weighted by Gasteiger charge is 2.16. The van der Waals surface area contributed by atoms with Gasteiger partial charge in [0.15, 0.2) is 0 Å². The molecule has 4 nitrogen and oxygen atoms in total. The highest BCUT2D eigenvalue weighted by molar-refractivity contribution is 5.83. The molecule has 3 aromatic rings. The monoisotopic (exact) mass is 602 g/mol. The number of rotatable bonds is 17. The van der Waals surface area contributed by atoms with E-state index in [-0.39, 0.29) is 0 Å². The lowest BCUT2D eigenvalue weighted by atomic mass is 10.0. The Morgan fingerprint density at radius 3 is 1.22 bits per heavy atom. The molecule has 0 fully saturated rings. The van der Waals surface area contributed by atoms with Crippen LogP contribution in [0.3, 0.4) is 0 Å². The zero-order chi connectivity index (χ0) is 31.4. The molecule has 2 aliphatic heterocycles. The predicted octanol–water partition coefficient (Wildman–Crippen LogP) is 11.8. The number of hydrogen-bond acceptors (Lipinski definition) is 2. The fourth-order valence-electron chi connectivity index (χ4n) is 6.77. The third kappa shape index (κ3) is 8.14. The molecule has 2 aliphatic rings. The predicted molar refractivity (Wildman–Crippen MR) is 196 cm³/mol. The first-order chi connectivity index (χ1) is 22.2. The Morgan fingerprint density at radius 2 is 0.844 bits per heavy atom. The molecular formula is C41H54N4. The second-order valence-electron chi connectivity index (χ2n) is 12.8. The molecule has 4 heteroatoms. The maximum Gasteiger partial charge on any atom is 0.0691 e. The summed E-state index contributed by atoms with van der Waals surface area (Å²) in [5, 5.41) is 0. The van der Waals surface area contributed by atoms with Crippen molar-refractivity contribution >= 4 is 46.4 Å². The van der Waals surface area contributed by atoms with Crippen molar-refractivity contribution in [1.29, 1.82) is 0 Å². The van der Waals surface area contributed by atoms with Crippen molar-refractivity contribution in [3.05, 3.63) is 81.9 Å². The summed E-state index contributed by atoms with van der Waals surface area (Å²) in [5.41, 5.74) is 14.1. The van der Waals surface area contributed by atoms with Crippen LogP contribution in [0, 0.1) is 0 Å². The Hall–Kier alpha value is -3.66. The van der Waals surface area contributed by atoms with E-state index in [1.807, 2.05) is 6.08 Å². The molecule has 0 saturated heterocycles. The van der Waals surface area contributed by atoms with Gasteiger partial charge in [0, 0.05) is 44.3 Å². The number of fused-ring (bicyclic) bond motifs is 8. The molecule has 3 aromatic heterocycles. The second-order valence-corrected chi connectivity index (χ2v) is 12.8. The first-order valence-electron chi connectivity index (χ1n) is 17.9. The summed E-state index contributed by atoms with van der Waals surface area (Å²) in [6.07, 6.45) is 29.6. The van der Waals surface area contributed by atoms with Crippen LogP contribution in [-0.2, 0) is 25.7 Å². The minimum absolute atomic E-state index is 0.783. The molecule has 0 saturated carbocycles. The van der Waals surface area contributed by atoms with E-state index in [2.05, 4.69) is 85.9 Å². The number of nitrogens with one attached hydrogen (secondary N) is 2. The van der Waals surface area contributed by atoms with Gasteiger partial charge in [-0.2, -0.15) is 0 Å². The smallest absolute Gasteiger partial charge is 0.0691 e. The molecule has 0 aliphatic carbocycles. The summed E-state index contributed by atoms with van der Waals surface area (Å²) in [6, 6.07) is 9.01. The van der Waals surface area contributed by atoms with Crippen LogP contribution in [0.4, 0.5) is 0 Å². The fourth-order valence-corrected chi connectivity index (χ4v) is 6.77. The maximum absolute atomic E-state index is 5.35. The summed E-state index contributed by atoms with van der Waals surface area (Å²) in [4.78, 5) is 18.4. The van der Waals surface area contributed by atoms with Gasteiger partial charge in [-0.3, -0.25) is 0 Å². The van der Waals surface area contributed by atoms with Crippen LogP contribution in [0.2, 0.25) is 0 Å². The van der Waals surface area contributed by atoms with Crippen LogP contribution in [0.15, 0.2) is 36.9 Å². The highest BCUT2D eigenvalue weighted by atomic mass is 14.8. The molecular weight excluding hydrogens is 548 g/mol. The fraction of sp³-hybridized carbons (Fsp3) is 0.463. The Labute approximate surface area is 271 Å². The van der Waals surface area contributed by atoms with Crippen molar-refractivity contribution in [2.24, 2.45) is 0 Å². The Kier molecular flexibility index (Phi) is 12.1. The standard InChI is InChI=1S/C41H54N4/c1-5-9-12-15-19-31-36-24-22-34(42-36)30(18-8-4)35-23-25-37(43-35)32(20-16-13-10-6-2)39-27-29-41(45-39)33(21-17-14-11-7-3)40-28-26-38(31)44-40/h8,22-29,42-43H,4-7,9-21H2,1-3H3. The van der Waals surface area contributed by atoms with Crippen molar-refractivity contribution in [1.82, 2.24) is 19.9 Å². The van der Waals surface area contributed by atoms with Crippen LogP contribution < -0.4 is 0 Å². The molecule has 0 unspecified atom stereocenters. The van der Waals surface area contributed by atoms with Gasteiger partial charge in [-0.1, -0.05) is 84.6 Å².